The number of hydrogen-bond acceptors (Lipinski definition) is 6. The molecule has 0 saturated heterocycles. The Kier molecular flexibility index (Phi) is 7.13. The van der Waals surface area contributed by atoms with Gasteiger partial charge < -0.3 is 20.4 Å². The lowest BCUT2D eigenvalue weighted by Gasteiger charge is -2.28. The quantitative estimate of drug-likeness (QED) is 0.215. The van der Waals surface area contributed by atoms with Gasteiger partial charge in [-0.3, -0.25) is 0 Å². The highest BCUT2D eigenvalue weighted by atomic mass is 16.5. The number of aromatic nitrogens is 4. The van der Waals surface area contributed by atoms with Crippen LogP contribution in [-0.2, 0) is 12.8 Å². The largest absolute Gasteiger partial charge is 0.493 e. The van der Waals surface area contributed by atoms with Gasteiger partial charge in [-0.15, -0.1) is 0 Å². The lowest BCUT2D eigenvalue weighted by atomic mass is 9.82. The molecule has 0 fully saturated rings. The van der Waals surface area contributed by atoms with Crippen LogP contribution in [0.1, 0.15) is 31.5 Å². The molecule has 3 heterocycles. The van der Waals surface area contributed by atoms with Crippen molar-refractivity contribution < 1.29 is 4.74 Å². The summed E-state index contributed by atoms with van der Waals surface area (Å²) in [5.74, 6) is 3.58. The maximum atomic E-state index is 6.27. The molecule has 0 radical (unpaired) electrons. The topological polar surface area (TPSA) is 87.8 Å². The molecule has 2 aromatic heterocycles. The molecule has 5 aromatic rings. The summed E-state index contributed by atoms with van der Waals surface area (Å²) in [7, 11) is 0. The summed E-state index contributed by atoms with van der Waals surface area (Å²) >= 11 is 0. The van der Waals surface area contributed by atoms with E-state index in [1.54, 1.807) is 6.33 Å². The number of ether oxygens (including phenoxy) is 1. The molecule has 1 aliphatic heterocycles. The third-order valence-electron chi connectivity index (χ3n) is 7.55. The number of nitrogens with one attached hydrogen (secondary N) is 3. The molecule has 39 heavy (non-hydrogen) atoms. The van der Waals surface area contributed by atoms with E-state index in [1.807, 2.05) is 30.3 Å². The Morgan fingerprint density at radius 2 is 1.82 bits per heavy atom. The Morgan fingerprint density at radius 3 is 2.69 bits per heavy atom. The SMILES string of the molecule is CCNc1nc2ccc(-c3ccc4c(c3)CC(C)C(Cc3cc(Nc5ccccc5)ncn3)CCO4)cc2[nH]1. The number of rotatable bonds is 7. The monoisotopic (exact) mass is 518 g/mol. The average molecular weight is 519 g/mol. The van der Waals surface area contributed by atoms with Crippen molar-refractivity contribution in [1.82, 2.24) is 19.9 Å². The molecule has 0 amide bonds. The van der Waals surface area contributed by atoms with Crippen LogP contribution >= 0.6 is 0 Å². The van der Waals surface area contributed by atoms with E-state index < -0.39 is 0 Å². The van der Waals surface area contributed by atoms with Crippen molar-refractivity contribution in [1.29, 1.82) is 0 Å². The van der Waals surface area contributed by atoms with Gasteiger partial charge in [0.2, 0.25) is 5.95 Å². The lowest BCUT2D eigenvalue weighted by molar-refractivity contribution is 0.221. The fourth-order valence-corrected chi connectivity index (χ4v) is 5.44. The van der Waals surface area contributed by atoms with E-state index >= 15 is 0 Å². The summed E-state index contributed by atoms with van der Waals surface area (Å²) in [4.78, 5) is 17.0. The first-order chi connectivity index (χ1) is 19.1. The van der Waals surface area contributed by atoms with E-state index in [1.165, 1.54) is 16.7 Å². The number of nitrogens with zero attached hydrogens (tertiary/aromatic N) is 3. The lowest BCUT2D eigenvalue weighted by Crippen LogP contribution is -2.23. The van der Waals surface area contributed by atoms with Gasteiger partial charge in [0.25, 0.3) is 0 Å². The summed E-state index contributed by atoms with van der Waals surface area (Å²) < 4.78 is 6.27. The minimum atomic E-state index is 0.465. The summed E-state index contributed by atoms with van der Waals surface area (Å²) in [6.07, 6.45) is 4.52. The average Bonchev–Trinajstić information content (AvgIpc) is 3.35. The molecule has 2 unspecified atom stereocenters. The molecule has 2 atom stereocenters. The number of para-hydroxylation sites is 1. The van der Waals surface area contributed by atoms with Crippen molar-refractivity contribution in [2.24, 2.45) is 11.8 Å². The Hall–Kier alpha value is -4.39. The number of benzene rings is 3. The van der Waals surface area contributed by atoms with Gasteiger partial charge in [0.15, 0.2) is 0 Å². The molecular formula is C32H34N6O. The summed E-state index contributed by atoms with van der Waals surface area (Å²) in [5, 5.41) is 6.64. The van der Waals surface area contributed by atoms with Gasteiger partial charge in [0, 0.05) is 24.0 Å². The van der Waals surface area contributed by atoms with Crippen LogP contribution in [0.5, 0.6) is 5.75 Å². The van der Waals surface area contributed by atoms with Gasteiger partial charge in [-0.1, -0.05) is 37.3 Å². The maximum absolute atomic E-state index is 6.27. The number of aromatic amines is 1. The van der Waals surface area contributed by atoms with Gasteiger partial charge >= 0.3 is 0 Å². The van der Waals surface area contributed by atoms with Crippen LogP contribution < -0.4 is 15.4 Å². The van der Waals surface area contributed by atoms with E-state index in [0.717, 1.165) is 65.7 Å². The second-order valence-corrected chi connectivity index (χ2v) is 10.3. The Balaban J connectivity index is 1.19. The van der Waals surface area contributed by atoms with E-state index in [0.29, 0.717) is 18.4 Å². The van der Waals surface area contributed by atoms with Crippen molar-refractivity contribution in [3.8, 4) is 16.9 Å². The number of imidazole rings is 1. The molecule has 6 rings (SSSR count). The summed E-state index contributed by atoms with van der Waals surface area (Å²) in [6, 6.07) is 25.2. The molecule has 3 N–H and O–H groups in total. The van der Waals surface area contributed by atoms with Crippen LogP contribution in [0.2, 0.25) is 0 Å². The smallest absolute Gasteiger partial charge is 0.201 e. The second-order valence-electron chi connectivity index (χ2n) is 10.3. The fraction of sp³-hybridized carbons (Fsp3) is 0.281. The van der Waals surface area contributed by atoms with Gasteiger partial charge in [-0.2, -0.15) is 0 Å². The van der Waals surface area contributed by atoms with Gasteiger partial charge in [-0.05, 0) is 91.1 Å². The van der Waals surface area contributed by atoms with E-state index in [-0.39, 0.29) is 0 Å². The van der Waals surface area contributed by atoms with E-state index in [9.17, 15) is 0 Å². The molecule has 3 aromatic carbocycles. The van der Waals surface area contributed by atoms with Crippen molar-refractivity contribution in [3.05, 3.63) is 90.4 Å². The summed E-state index contributed by atoms with van der Waals surface area (Å²) in [6.45, 7) is 5.96. The van der Waals surface area contributed by atoms with Crippen LogP contribution in [0, 0.1) is 11.8 Å². The van der Waals surface area contributed by atoms with Crippen molar-refractivity contribution in [3.63, 3.8) is 0 Å². The zero-order valence-corrected chi connectivity index (χ0v) is 22.4. The minimum absolute atomic E-state index is 0.465. The Bertz CT molecular complexity index is 1560. The number of hydrogen-bond donors (Lipinski definition) is 3. The van der Waals surface area contributed by atoms with Crippen molar-refractivity contribution >= 4 is 28.5 Å². The highest BCUT2D eigenvalue weighted by Crippen LogP contribution is 2.35. The van der Waals surface area contributed by atoms with E-state index in [4.69, 9.17) is 4.74 Å². The predicted octanol–water partition coefficient (Wildman–Crippen LogP) is 7.02. The highest BCUT2D eigenvalue weighted by molar-refractivity contribution is 5.83. The predicted molar refractivity (Wildman–Crippen MR) is 158 cm³/mol. The highest BCUT2D eigenvalue weighted by Gasteiger charge is 2.24. The van der Waals surface area contributed by atoms with E-state index in [2.05, 4.69) is 86.9 Å². The number of fused-ring (bicyclic) bond motifs is 2. The zero-order valence-electron chi connectivity index (χ0n) is 22.4. The molecule has 7 heteroatoms. The molecule has 7 nitrogen and oxygen atoms in total. The van der Waals surface area contributed by atoms with Crippen LogP contribution in [0.3, 0.4) is 0 Å². The molecule has 0 saturated carbocycles. The molecule has 1 aliphatic rings. The first kappa shape index (κ1) is 24.9. The second kappa shape index (κ2) is 11.2. The van der Waals surface area contributed by atoms with Crippen LogP contribution in [0.4, 0.5) is 17.5 Å². The van der Waals surface area contributed by atoms with Gasteiger partial charge in [-0.25, -0.2) is 15.0 Å². The zero-order chi connectivity index (χ0) is 26.6. The third kappa shape index (κ3) is 5.72. The van der Waals surface area contributed by atoms with Crippen molar-refractivity contribution in [2.45, 2.75) is 33.1 Å². The minimum Gasteiger partial charge on any atom is -0.493 e. The van der Waals surface area contributed by atoms with Crippen LogP contribution in [-0.4, -0.2) is 33.1 Å². The number of H-pyrrole nitrogens is 1. The van der Waals surface area contributed by atoms with Crippen LogP contribution in [0.15, 0.2) is 79.1 Å². The maximum Gasteiger partial charge on any atom is 0.201 e. The molecule has 0 spiro atoms. The molecule has 0 aliphatic carbocycles. The molecule has 198 valence electrons. The summed E-state index contributed by atoms with van der Waals surface area (Å²) in [5.41, 5.74) is 7.69. The normalized spacial score (nSPS) is 17.1. The Labute approximate surface area is 229 Å². The molecular weight excluding hydrogens is 484 g/mol. The standard InChI is InChI=1S/C32H34N6O/c1-3-33-32-37-28-11-9-24(18-29(28)38-32)23-10-12-30-25(16-23)15-21(2)22(13-14-39-30)17-27-19-31(35-20-34-27)36-26-7-5-4-6-8-26/h4-12,16,18-22H,3,13-15,17H2,1-2H3,(H2,33,37,38)(H,34,35,36). The number of anilines is 3. The van der Waals surface area contributed by atoms with Gasteiger partial charge in [0.1, 0.15) is 17.9 Å². The van der Waals surface area contributed by atoms with Gasteiger partial charge in [0.05, 0.1) is 17.6 Å². The first-order valence-electron chi connectivity index (χ1n) is 13.8. The first-order valence-corrected chi connectivity index (χ1v) is 13.8. The molecule has 0 bridgehead atoms. The third-order valence-corrected chi connectivity index (χ3v) is 7.55. The fourth-order valence-electron chi connectivity index (χ4n) is 5.44. The van der Waals surface area contributed by atoms with Crippen LogP contribution in [0.25, 0.3) is 22.2 Å². The Morgan fingerprint density at radius 1 is 0.974 bits per heavy atom. The van der Waals surface area contributed by atoms with Crippen molar-refractivity contribution in [2.75, 3.05) is 23.8 Å².